The monoisotopic (exact) mass is 313 g/mol. The molecule has 0 radical (unpaired) electrons. The van der Waals surface area contributed by atoms with Gasteiger partial charge in [-0.15, -0.1) is 0 Å². The molecule has 0 amide bonds. The Morgan fingerprint density at radius 1 is 1.13 bits per heavy atom. The number of para-hydroxylation sites is 1. The van der Waals surface area contributed by atoms with Gasteiger partial charge in [-0.25, -0.2) is 4.68 Å². The lowest BCUT2D eigenvalue weighted by Gasteiger charge is -2.27. The maximum absolute atomic E-state index is 9.98. The molecule has 0 aliphatic heterocycles. The van der Waals surface area contributed by atoms with Crippen LogP contribution in [0.15, 0.2) is 42.6 Å². The molecule has 0 saturated heterocycles. The molecule has 4 nitrogen and oxygen atoms in total. The molecule has 2 unspecified atom stereocenters. The Labute approximate surface area is 138 Å². The van der Waals surface area contributed by atoms with Crippen molar-refractivity contribution >= 4 is 0 Å². The average molecular weight is 313 g/mol. The van der Waals surface area contributed by atoms with Crippen LogP contribution in [-0.2, 0) is 6.54 Å². The van der Waals surface area contributed by atoms with E-state index in [0.717, 1.165) is 43.7 Å². The van der Waals surface area contributed by atoms with Gasteiger partial charge in [-0.2, -0.15) is 5.10 Å². The van der Waals surface area contributed by atoms with Crippen LogP contribution in [0.1, 0.15) is 44.2 Å². The molecule has 2 aromatic rings. The topological polar surface area (TPSA) is 50.1 Å². The smallest absolute Gasteiger partial charge is 0.0766 e. The lowest BCUT2D eigenvalue weighted by molar-refractivity contribution is 0.0643. The molecule has 4 heteroatoms. The summed E-state index contributed by atoms with van der Waals surface area (Å²) in [7, 11) is 0. The first-order chi connectivity index (χ1) is 11.3. The van der Waals surface area contributed by atoms with Gasteiger partial charge in [0.1, 0.15) is 0 Å². The molecule has 2 atom stereocenters. The minimum absolute atomic E-state index is 0.0645. The van der Waals surface area contributed by atoms with Gasteiger partial charge in [-0.1, -0.05) is 31.0 Å². The third-order valence-electron chi connectivity index (χ3n) is 4.77. The molecule has 0 bridgehead atoms. The highest BCUT2D eigenvalue weighted by Crippen LogP contribution is 2.27. The van der Waals surface area contributed by atoms with Crippen molar-refractivity contribution < 1.29 is 5.11 Å². The molecule has 124 valence electrons. The highest BCUT2D eigenvalue weighted by atomic mass is 16.3. The van der Waals surface area contributed by atoms with E-state index in [-0.39, 0.29) is 6.10 Å². The fourth-order valence-electron chi connectivity index (χ4n) is 3.41. The van der Waals surface area contributed by atoms with Gasteiger partial charge < -0.3 is 10.4 Å². The summed E-state index contributed by atoms with van der Waals surface area (Å²) in [6.45, 7) is 1.79. The Balaban J connectivity index is 1.37. The zero-order valence-electron chi connectivity index (χ0n) is 13.7. The van der Waals surface area contributed by atoms with Crippen LogP contribution in [0.5, 0.6) is 0 Å². The maximum Gasteiger partial charge on any atom is 0.0766 e. The number of aliphatic hydroxyl groups is 1. The number of rotatable bonds is 7. The summed E-state index contributed by atoms with van der Waals surface area (Å²) < 4.78 is 1.91. The zero-order valence-corrected chi connectivity index (χ0v) is 13.7. The van der Waals surface area contributed by atoms with E-state index in [4.69, 9.17) is 0 Å². The lowest BCUT2D eigenvalue weighted by atomic mass is 9.83. The maximum atomic E-state index is 9.98. The van der Waals surface area contributed by atoms with Crippen molar-refractivity contribution in [1.82, 2.24) is 15.1 Å². The largest absolute Gasteiger partial charge is 0.393 e. The number of aliphatic hydroxyl groups excluding tert-OH is 1. The van der Waals surface area contributed by atoms with Gasteiger partial charge >= 0.3 is 0 Å². The second kappa shape index (κ2) is 8.27. The SMILES string of the molecule is OC1CCCCC1CCCNCc1ccn(-c2ccccc2)n1. The Hall–Kier alpha value is -1.65. The van der Waals surface area contributed by atoms with Crippen LogP contribution in [-0.4, -0.2) is 27.5 Å². The van der Waals surface area contributed by atoms with Crippen molar-refractivity contribution in [3.05, 3.63) is 48.3 Å². The van der Waals surface area contributed by atoms with Crippen LogP contribution in [0.2, 0.25) is 0 Å². The van der Waals surface area contributed by atoms with Gasteiger partial charge in [0.15, 0.2) is 0 Å². The van der Waals surface area contributed by atoms with Crippen LogP contribution in [0.25, 0.3) is 5.69 Å². The van der Waals surface area contributed by atoms with E-state index in [0.29, 0.717) is 5.92 Å². The predicted molar refractivity (Wildman–Crippen MR) is 92.5 cm³/mol. The van der Waals surface area contributed by atoms with Crippen molar-refractivity contribution in [1.29, 1.82) is 0 Å². The van der Waals surface area contributed by atoms with Crippen molar-refractivity contribution in [3.8, 4) is 5.69 Å². The molecule has 0 spiro atoms. The lowest BCUT2D eigenvalue weighted by Crippen LogP contribution is -2.25. The molecule has 1 saturated carbocycles. The first kappa shape index (κ1) is 16.2. The number of hydrogen-bond donors (Lipinski definition) is 2. The van der Waals surface area contributed by atoms with Gasteiger partial charge in [-0.3, -0.25) is 0 Å². The van der Waals surface area contributed by atoms with Crippen LogP contribution in [0.3, 0.4) is 0 Å². The van der Waals surface area contributed by atoms with Crippen LogP contribution in [0, 0.1) is 5.92 Å². The highest BCUT2D eigenvalue weighted by Gasteiger charge is 2.21. The van der Waals surface area contributed by atoms with E-state index in [1.807, 2.05) is 29.1 Å². The standard InChI is InChI=1S/C19H27N3O/c23-19-11-5-4-7-16(19)8-6-13-20-15-17-12-14-22(21-17)18-9-2-1-3-10-18/h1-3,9-10,12,14,16,19-20,23H,4-8,11,13,15H2. The third kappa shape index (κ3) is 4.66. The van der Waals surface area contributed by atoms with Crippen molar-refractivity contribution in [2.75, 3.05) is 6.54 Å². The molecule has 23 heavy (non-hydrogen) atoms. The van der Waals surface area contributed by atoms with Crippen molar-refractivity contribution in [2.45, 2.75) is 51.2 Å². The van der Waals surface area contributed by atoms with E-state index in [9.17, 15) is 5.11 Å². The van der Waals surface area contributed by atoms with E-state index in [2.05, 4.69) is 28.6 Å². The molecule has 2 N–H and O–H groups in total. The number of hydrogen-bond acceptors (Lipinski definition) is 3. The first-order valence-electron chi connectivity index (χ1n) is 8.82. The number of aromatic nitrogens is 2. The highest BCUT2D eigenvalue weighted by molar-refractivity contribution is 5.30. The van der Waals surface area contributed by atoms with Gasteiger partial charge in [0.2, 0.25) is 0 Å². The van der Waals surface area contributed by atoms with E-state index < -0.39 is 0 Å². The molecule has 1 aromatic heterocycles. The van der Waals surface area contributed by atoms with Gasteiger partial charge in [0, 0.05) is 12.7 Å². The summed E-state index contributed by atoms with van der Waals surface area (Å²) in [5.41, 5.74) is 2.15. The van der Waals surface area contributed by atoms with E-state index >= 15 is 0 Å². The Bertz CT molecular complexity index is 581. The average Bonchev–Trinajstić information content (AvgIpc) is 3.06. The molecular formula is C19H27N3O. The van der Waals surface area contributed by atoms with Gasteiger partial charge in [0.25, 0.3) is 0 Å². The number of nitrogens with zero attached hydrogens (tertiary/aromatic N) is 2. The Morgan fingerprint density at radius 3 is 2.78 bits per heavy atom. The van der Waals surface area contributed by atoms with E-state index in [1.165, 1.54) is 19.3 Å². The Kier molecular flexibility index (Phi) is 5.83. The predicted octanol–water partition coefficient (Wildman–Crippen LogP) is 3.29. The third-order valence-corrected chi connectivity index (χ3v) is 4.77. The molecule has 1 fully saturated rings. The fraction of sp³-hybridized carbons (Fsp3) is 0.526. The minimum Gasteiger partial charge on any atom is -0.393 e. The molecule has 1 aromatic carbocycles. The summed E-state index contributed by atoms with van der Waals surface area (Å²) in [4.78, 5) is 0. The zero-order chi connectivity index (χ0) is 15.9. The summed E-state index contributed by atoms with van der Waals surface area (Å²) in [5, 5.41) is 18.0. The summed E-state index contributed by atoms with van der Waals surface area (Å²) in [6, 6.07) is 12.2. The summed E-state index contributed by atoms with van der Waals surface area (Å²) in [6.07, 6.45) is 8.87. The second-order valence-corrected chi connectivity index (χ2v) is 6.52. The van der Waals surface area contributed by atoms with Crippen LogP contribution >= 0.6 is 0 Å². The normalized spacial score (nSPS) is 21.4. The van der Waals surface area contributed by atoms with Gasteiger partial charge in [0.05, 0.1) is 17.5 Å². The number of benzene rings is 1. The van der Waals surface area contributed by atoms with Crippen molar-refractivity contribution in [3.63, 3.8) is 0 Å². The first-order valence-corrected chi connectivity index (χ1v) is 8.82. The molecular weight excluding hydrogens is 286 g/mol. The Morgan fingerprint density at radius 2 is 1.96 bits per heavy atom. The van der Waals surface area contributed by atoms with Crippen LogP contribution < -0.4 is 5.32 Å². The molecule has 1 aliphatic rings. The summed E-state index contributed by atoms with van der Waals surface area (Å²) in [5.74, 6) is 0.517. The quantitative estimate of drug-likeness (QED) is 0.771. The molecule has 1 heterocycles. The van der Waals surface area contributed by atoms with Crippen molar-refractivity contribution in [2.24, 2.45) is 5.92 Å². The summed E-state index contributed by atoms with van der Waals surface area (Å²) >= 11 is 0. The minimum atomic E-state index is -0.0645. The van der Waals surface area contributed by atoms with Crippen LogP contribution in [0.4, 0.5) is 0 Å². The fourth-order valence-corrected chi connectivity index (χ4v) is 3.41. The van der Waals surface area contributed by atoms with Gasteiger partial charge in [-0.05, 0) is 56.3 Å². The molecule has 1 aliphatic carbocycles. The van der Waals surface area contributed by atoms with E-state index in [1.54, 1.807) is 0 Å². The number of nitrogens with one attached hydrogen (secondary N) is 1. The molecule has 3 rings (SSSR count). The second-order valence-electron chi connectivity index (χ2n) is 6.52.